The molecule has 0 aromatic carbocycles. The van der Waals surface area contributed by atoms with Gasteiger partial charge < -0.3 is 4.74 Å². The number of nitrogens with zero attached hydrogens (tertiary/aromatic N) is 2. The van der Waals surface area contributed by atoms with Gasteiger partial charge in [0.25, 0.3) is 0 Å². The minimum Gasteiger partial charge on any atom is -0.459 e. The molecule has 4 heteroatoms. The predicted octanol–water partition coefficient (Wildman–Crippen LogP) is 0.930. The maximum Gasteiger partial charge on any atom is 0.305 e. The van der Waals surface area contributed by atoms with E-state index in [9.17, 15) is 4.79 Å². The highest BCUT2D eigenvalue weighted by Gasteiger charge is 1.99. The lowest BCUT2D eigenvalue weighted by Gasteiger charge is -2.00. The van der Waals surface area contributed by atoms with Crippen molar-refractivity contribution in [3.63, 3.8) is 0 Å². The minimum atomic E-state index is -0.222. The summed E-state index contributed by atoms with van der Waals surface area (Å²) >= 11 is 0. The molecule has 0 aliphatic rings. The van der Waals surface area contributed by atoms with Crippen molar-refractivity contribution in [2.24, 2.45) is 0 Å². The molecule has 0 bridgehead atoms. The molecule has 1 heterocycles. The van der Waals surface area contributed by atoms with E-state index in [4.69, 9.17) is 4.74 Å². The van der Waals surface area contributed by atoms with Crippen LogP contribution in [0, 0.1) is 0 Å². The zero-order valence-electron chi connectivity index (χ0n) is 6.86. The zero-order chi connectivity index (χ0) is 8.81. The number of ether oxygens (including phenoxy) is 1. The number of rotatable bonds is 3. The standard InChI is InChI=1S/C8H10N2O2/c1-2-8(11)12-6-7-5-9-3-4-10-7/h3-5H,2,6H2,1H3. The van der Waals surface area contributed by atoms with Gasteiger partial charge in [0.15, 0.2) is 0 Å². The SMILES string of the molecule is CCC(=O)OCc1cnccn1. The molecule has 1 aromatic heterocycles. The maximum atomic E-state index is 10.7. The van der Waals surface area contributed by atoms with Crippen molar-refractivity contribution in [1.29, 1.82) is 0 Å². The van der Waals surface area contributed by atoms with Crippen LogP contribution in [-0.4, -0.2) is 15.9 Å². The molecule has 1 aromatic rings. The third-order valence-corrected chi connectivity index (χ3v) is 1.29. The van der Waals surface area contributed by atoms with Crippen molar-refractivity contribution >= 4 is 5.97 Å². The van der Waals surface area contributed by atoms with Crippen molar-refractivity contribution in [3.8, 4) is 0 Å². The van der Waals surface area contributed by atoms with Gasteiger partial charge in [-0.05, 0) is 0 Å². The maximum absolute atomic E-state index is 10.7. The first kappa shape index (κ1) is 8.64. The number of hydrogen-bond donors (Lipinski definition) is 0. The number of carbonyl (C=O) groups excluding carboxylic acids is 1. The summed E-state index contributed by atoms with van der Waals surface area (Å²) in [6.07, 6.45) is 5.10. The molecule has 0 unspecified atom stereocenters. The molecule has 4 nitrogen and oxygen atoms in total. The molecule has 64 valence electrons. The Morgan fingerprint density at radius 2 is 2.42 bits per heavy atom. The van der Waals surface area contributed by atoms with Gasteiger partial charge in [-0.1, -0.05) is 6.92 Å². The summed E-state index contributed by atoms with van der Waals surface area (Å²) in [6, 6.07) is 0. The van der Waals surface area contributed by atoms with Crippen LogP contribution in [0.2, 0.25) is 0 Å². The number of esters is 1. The fraction of sp³-hybridized carbons (Fsp3) is 0.375. The Labute approximate surface area is 70.6 Å². The van der Waals surface area contributed by atoms with E-state index in [1.807, 2.05) is 0 Å². The van der Waals surface area contributed by atoms with Crippen LogP contribution in [0.4, 0.5) is 0 Å². The van der Waals surface area contributed by atoms with Crippen molar-refractivity contribution in [1.82, 2.24) is 9.97 Å². The normalized spacial score (nSPS) is 9.42. The number of aromatic nitrogens is 2. The van der Waals surface area contributed by atoms with E-state index in [0.29, 0.717) is 12.1 Å². The minimum absolute atomic E-state index is 0.209. The Hall–Kier alpha value is -1.45. The van der Waals surface area contributed by atoms with E-state index in [2.05, 4.69) is 9.97 Å². The first-order chi connectivity index (χ1) is 5.83. The second kappa shape index (κ2) is 4.43. The van der Waals surface area contributed by atoms with Crippen LogP contribution < -0.4 is 0 Å². The van der Waals surface area contributed by atoms with E-state index in [1.54, 1.807) is 25.5 Å². The van der Waals surface area contributed by atoms with E-state index in [1.165, 1.54) is 0 Å². The summed E-state index contributed by atoms with van der Waals surface area (Å²) in [6.45, 7) is 1.96. The fourth-order valence-corrected chi connectivity index (χ4v) is 0.661. The molecule has 0 saturated heterocycles. The summed E-state index contributed by atoms with van der Waals surface area (Å²) in [4.78, 5) is 18.5. The number of carbonyl (C=O) groups is 1. The van der Waals surface area contributed by atoms with Gasteiger partial charge >= 0.3 is 5.97 Å². The van der Waals surface area contributed by atoms with Crippen LogP contribution >= 0.6 is 0 Å². The van der Waals surface area contributed by atoms with Crippen LogP contribution in [0.15, 0.2) is 18.6 Å². The second-order valence-corrected chi connectivity index (χ2v) is 2.21. The molecule has 0 amide bonds. The highest BCUT2D eigenvalue weighted by atomic mass is 16.5. The lowest BCUT2D eigenvalue weighted by molar-refractivity contribution is -0.144. The van der Waals surface area contributed by atoms with E-state index in [0.717, 1.165) is 0 Å². The predicted molar refractivity (Wildman–Crippen MR) is 42.1 cm³/mol. The molecule has 12 heavy (non-hydrogen) atoms. The highest BCUT2D eigenvalue weighted by molar-refractivity contribution is 5.68. The van der Waals surface area contributed by atoms with Gasteiger partial charge in [0.1, 0.15) is 6.61 Å². The van der Waals surface area contributed by atoms with Gasteiger partial charge in [-0.3, -0.25) is 14.8 Å². The molecule has 0 fully saturated rings. The molecule has 0 aliphatic heterocycles. The molecular weight excluding hydrogens is 156 g/mol. The average molecular weight is 166 g/mol. The number of hydrogen-bond acceptors (Lipinski definition) is 4. The third-order valence-electron chi connectivity index (χ3n) is 1.29. The van der Waals surface area contributed by atoms with Crippen LogP contribution in [0.1, 0.15) is 19.0 Å². The van der Waals surface area contributed by atoms with Gasteiger partial charge in [-0.15, -0.1) is 0 Å². The van der Waals surface area contributed by atoms with Crippen LogP contribution in [0.25, 0.3) is 0 Å². The van der Waals surface area contributed by atoms with Gasteiger partial charge in [-0.2, -0.15) is 0 Å². The summed E-state index contributed by atoms with van der Waals surface area (Å²) < 4.78 is 4.84. The van der Waals surface area contributed by atoms with Gasteiger partial charge in [0.2, 0.25) is 0 Å². The summed E-state index contributed by atoms with van der Waals surface area (Å²) in [5, 5.41) is 0. The Balaban J connectivity index is 2.38. The Kier molecular flexibility index (Phi) is 3.19. The van der Waals surface area contributed by atoms with Crippen molar-refractivity contribution in [2.75, 3.05) is 0 Å². The molecule has 0 spiro atoms. The van der Waals surface area contributed by atoms with E-state index < -0.39 is 0 Å². The molecule has 1 rings (SSSR count). The average Bonchev–Trinajstić information content (AvgIpc) is 2.16. The smallest absolute Gasteiger partial charge is 0.305 e. The highest BCUT2D eigenvalue weighted by Crippen LogP contribution is 1.95. The lowest BCUT2D eigenvalue weighted by atomic mass is 10.4. The summed E-state index contributed by atoms with van der Waals surface area (Å²) in [5.41, 5.74) is 0.666. The summed E-state index contributed by atoms with van der Waals surface area (Å²) in [5.74, 6) is -0.222. The summed E-state index contributed by atoms with van der Waals surface area (Å²) in [7, 11) is 0. The van der Waals surface area contributed by atoms with Gasteiger partial charge in [0.05, 0.1) is 11.9 Å². The first-order valence-corrected chi connectivity index (χ1v) is 3.73. The Morgan fingerprint density at radius 3 is 3.00 bits per heavy atom. The monoisotopic (exact) mass is 166 g/mol. The van der Waals surface area contributed by atoms with E-state index in [-0.39, 0.29) is 12.6 Å². The van der Waals surface area contributed by atoms with Crippen LogP contribution in [0.3, 0.4) is 0 Å². The van der Waals surface area contributed by atoms with Crippen molar-refractivity contribution < 1.29 is 9.53 Å². The second-order valence-electron chi connectivity index (χ2n) is 2.21. The topological polar surface area (TPSA) is 52.1 Å². The van der Waals surface area contributed by atoms with E-state index >= 15 is 0 Å². The fourth-order valence-electron chi connectivity index (χ4n) is 0.661. The lowest BCUT2D eigenvalue weighted by Crippen LogP contribution is -2.03. The van der Waals surface area contributed by atoms with Crippen molar-refractivity contribution in [2.45, 2.75) is 20.0 Å². The van der Waals surface area contributed by atoms with Crippen molar-refractivity contribution in [3.05, 3.63) is 24.3 Å². The van der Waals surface area contributed by atoms with Gasteiger partial charge in [0, 0.05) is 18.8 Å². The van der Waals surface area contributed by atoms with Crippen LogP contribution in [-0.2, 0) is 16.1 Å². The molecule has 0 saturated carbocycles. The molecule has 0 radical (unpaired) electrons. The Morgan fingerprint density at radius 1 is 1.58 bits per heavy atom. The third kappa shape index (κ3) is 2.65. The quantitative estimate of drug-likeness (QED) is 0.627. The largest absolute Gasteiger partial charge is 0.459 e. The molecular formula is C8H10N2O2. The first-order valence-electron chi connectivity index (χ1n) is 3.73. The van der Waals surface area contributed by atoms with Crippen LogP contribution in [0.5, 0.6) is 0 Å². The molecule has 0 atom stereocenters. The molecule has 0 N–H and O–H groups in total. The molecule has 0 aliphatic carbocycles. The Bertz CT molecular complexity index is 248. The van der Waals surface area contributed by atoms with Gasteiger partial charge in [-0.25, -0.2) is 0 Å². The zero-order valence-corrected chi connectivity index (χ0v) is 6.86.